The largest absolute Gasteiger partial charge is 0.490 e. The molecule has 2 amide bonds. The third kappa shape index (κ3) is 7.94. The van der Waals surface area contributed by atoms with Gasteiger partial charge < -0.3 is 14.8 Å². The molecule has 10 heteroatoms. The number of carbonyl (C=O) groups excluding carboxylic acids is 3. The highest BCUT2D eigenvalue weighted by atomic mass is 79.9. The van der Waals surface area contributed by atoms with Gasteiger partial charge in [-0.1, -0.05) is 27.5 Å². The Morgan fingerprint density at radius 1 is 0.971 bits per heavy atom. The van der Waals surface area contributed by atoms with Crippen molar-refractivity contribution in [1.82, 2.24) is 10.7 Å². The molecular formula is C25H21BrClN3O5. The maximum Gasteiger partial charge on any atom is 0.343 e. The first-order valence-corrected chi connectivity index (χ1v) is 11.6. The molecule has 0 atom stereocenters. The summed E-state index contributed by atoms with van der Waals surface area (Å²) in [6.45, 7) is 1.90. The molecule has 2 N–H and O–H groups in total. The summed E-state index contributed by atoms with van der Waals surface area (Å²) in [7, 11) is 0. The van der Waals surface area contributed by atoms with Gasteiger partial charge in [-0.05, 0) is 79.2 Å². The molecule has 0 spiro atoms. The van der Waals surface area contributed by atoms with Crippen LogP contribution in [0.3, 0.4) is 0 Å². The number of hydrogen-bond acceptors (Lipinski definition) is 6. The van der Waals surface area contributed by atoms with Gasteiger partial charge >= 0.3 is 5.97 Å². The monoisotopic (exact) mass is 557 g/mol. The van der Waals surface area contributed by atoms with Crippen LogP contribution in [0.15, 0.2) is 76.3 Å². The van der Waals surface area contributed by atoms with Crippen LogP contribution >= 0.6 is 27.5 Å². The van der Waals surface area contributed by atoms with Crippen LogP contribution in [-0.2, 0) is 4.79 Å². The number of esters is 1. The number of amides is 2. The van der Waals surface area contributed by atoms with Crippen molar-refractivity contribution in [3.05, 3.63) is 92.9 Å². The summed E-state index contributed by atoms with van der Waals surface area (Å²) in [6, 6.07) is 18.0. The Morgan fingerprint density at radius 3 is 2.34 bits per heavy atom. The van der Waals surface area contributed by atoms with Gasteiger partial charge in [0.2, 0.25) is 0 Å². The minimum absolute atomic E-state index is 0.255. The zero-order valence-electron chi connectivity index (χ0n) is 18.6. The standard InChI is InChI=1S/C25H21BrClN3O5/c1-2-34-22-13-16(3-12-21(22)35-25(33)18-4-8-19(26)9-5-18)14-29-30-23(31)15-28-24(32)17-6-10-20(27)11-7-17/h3-14H,2,15H2,1H3,(H,28,32)(H,30,31)/b29-14+. The molecule has 3 aromatic rings. The smallest absolute Gasteiger partial charge is 0.343 e. The van der Waals surface area contributed by atoms with Gasteiger partial charge in [0.05, 0.1) is 24.9 Å². The molecule has 0 heterocycles. The van der Waals surface area contributed by atoms with Gasteiger partial charge in [0.1, 0.15) is 0 Å². The number of nitrogens with zero attached hydrogens (tertiary/aromatic N) is 1. The quantitative estimate of drug-likeness (QED) is 0.173. The summed E-state index contributed by atoms with van der Waals surface area (Å²) >= 11 is 9.12. The number of hydrogen-bond donors (Lipinski definition) is 2. The van der Waals surface area contributed by atoms with Crippen molar-refractivity contribution in [2.45, 2.75) is 6.92 Å². The molecule has 0 fully saturated rings. The predicted octanol–water partition coefficient (Wildman–Crippen LogP) is 4.60. The van der Waals surface area contributed by atoms with Crippen LogP contribution in [0.5, 0.6) is 11.5 Å². The topological polar surface area (TPSA) is 106 Å². The first-order valence-electron chi connectivity index (χ1n) is 10.5. The number of carbonyl (C=O) groups is 3. The van der Waals surface area contributed by atoms with Crippen LogP contribution in [0.4, 0.5) is 0 Å². The van der Waals surface area contributed by atoms with E-state index in [0.717, 1.165) is 4.47 Å². The number of rotatable bonds is 9. The van der Waals surface area contributed by atoms with Gasteiger partial charge in [-0.3, -0.25) is 9.59 Å². The minimum Gasteiger partial charge on any atom is -0.490 e. The minimum atomic E-state index is -0.521. The average molecular weight is 559 g/mol. The third-order valence-corrected chi connectivity index (χ3v) is 5.25. The number of halogens is 2. The Hall–Kier alpha value is -3.69. The van der Waals surface area contributed by atoms with Crippen molar-refractivity contribution in [1.29, 1.82) is 0 Å². The highest BCUT2D eigenvalue weighted by Crippen LogP contribution is 2.29. The Morgan fingerprint density at radius 2 is 1.66 bits per heavy atom. The number of hydrazone groups is 1. The maximum atomic E-state index is 12.4. The van der Waals surface area contributed by atoms with E-state index in [1.54, 1.807) is 73.7 Å². The Bertz CT molecular complexity index is 1230. The fourth-order valence-corrected chi connectivity index (χ4v) is 3.17. The van der Waals surface area contributed by atoms with Crippen molar-refractivity contribution in [2.24, 2.45) is 5.10 Å². The van der Waals surface area contributed by atoms with E-state index < -0.39 is 17.8 Å². The lowest BCUT2D eigenvalue weighted by atomic mass is 10.2. The molecule has 0 bridgehead atoms. The second-order valence-corrected chi connectivity index (χ2v) is 8.37. The van der Waals surface area contributed by atoms with Crippen LogP contribution in [0.1, 0.15) is 33.2 Å². The van der Waals surface area contributed by atoms with Crippen molar-refractivity contribution in [3.8, 4) is 11.5 Å². The average Bonchev–Trinajstić information content (AvgIpc) is 2.85. The second-order valence-electron chi connectivity index (χ2n) is 7.02. The zero-order chi connectivity index (χ0) is 25.2. The summed E-state index contributed by atoms with van der Waals surface area (Å²) in [5, 5.41) is 6.90. The summed E-state index contributed by atoms with van der Waals surface area (Å²) in [6.07, 6.45) is 1.40. The Kier molecular flexibility index (Phi) is 9.39. The van der Waals surface area contributed by atoms with E-state index in [0.29, 0.717) is 34.1 Å². The van der Waals surface area contributed by atoms with Crippen LogP contribution in [0.2, 0.25) is 5.02 Å². The van der Waals surface area contributed by atoms with Gasteiger partial charge in [0.25, 0.3) is 11.8 Å². The van der Waals surface area contributed by atoms with Crippen LogP contribution < -0.4 is 20.2 Å². The molecule has 0 aliphatic heterocycles. The summed E-state index contributed by atoms with van der Waals surface area (Å²) < 4.78 is 11.9. The molecule has 8 nitrogen and oxygen atoms in total. The SMILES string of the molecule is CCOc1cc(/C=N/NC(=O)CNC(=O)c2ccc(Cl)cc2)ccc1OC(=O)c1ccc(Br)cc1. The van der Waals surface area contributed by atoms with Crippen LogP contribution in [-0.4, -0.2) is 37.1 Å². The lowest BCUT2D eigenvalue weighted by molar-refractivity contribution is -0.120. The number of benzene rings is 3. The first kappa shape index (κ1) is 25.9. The Labute approximate surface area is 215 Å². The van der Waals surface area contributed by atoms with E-state index in [9.17, 15) is 14.4 Å². The van der Waals surface area contributed by atoms with E-state index in [2.05, 4.69) is 31.8 Å². The highest BCUT2D eigenvalue weighted by Gasteiger charge is 2.13. The molecule has 35 heavy (non-hydrogen) atoms. The van der Waals surface area contributed by atoms with Gasteiger partial charge in [-0.2, -0.15) is 5.10 Å². The lowest BCUT2D eigenvalue weighted by Crippen LogP contribution is -2.34. The van der Waals surface area contributed by atoms with E-state index in [-0.39, 0.29) is 12.3 Å². The molecule has 0 aliphatic carbocycles. The van der Waals surface area contributed by atoms with Crippen molar-refractivity contribution in [3.63, 3.8) is 0 Å². The van der Waals surface area contributed by atoms with Crippen molar-refractivity contribution < 1.29 is 23.9 Å². The van der Waals surface area contributed by atoms with E-state index >= 15 is 0 Å². The second kappa shape index (κ2) is 12.7. The molecule has 3 rings (SSSR count). The molecule has 0 saturated heterocycles. The highest BCUT2D eigenvalue weighted by molar-refractivity contribution is 9.10. The Balaban J connectivity index is 1.56. The molecule has 0 saturated carbocycles. The normalized spacial score (nSPS) is 10.6. The molecule has 0 aromatic heterocycles. The summed E-state index contributed by atoms with van der Waals surface area (Å²) in [5.41, 5.74) is 3.72. The van der Waals surface area contributed by atoms with E-state index in [1.165, 1.54) is 6.21 Å². The number of ether oxygens (including phenoxy) is 2. The van der Waals surface area contributed by atoms with Gasteiger partial charge in [-0.25, -0.2) is 10.2 Å². The molecule has 0 radical (unpaired) electrons. The molecule has 0 aliphatic rings. The van der Waals surface area contributed by atoms with E-state index in [4.69, 9.17) is 21.1 Å². The predicted molar refractivity (Wildman–Crippen MR) is 136 cm³/mol. The molecular weight excluding hydrogens is 538 g/mol. The fourth-order valence-electron chi connectivity index (χ4n) is 2.78. The lowest BCUT2D eigenvalue weighted by Gasteiger charge is -2.11. The van der Waals surface area contributed by atoms with E-state index in [1.807, 2.05) is 0 Å². The zero-order valence-corrected chi connectivity index (χ0v) is 20.9. The fraction of sp³-hybridized carbons (Fsp3) is 0.120. The molecule has 0 unspecified atom stereocenters. The van der Waals surface area contributed by atoms with Gasteiger partial charge in [0.15, 0.2) is 11.5 Å². The third-order valence-electron chi connectivity index (χ3n) is 4.47. The van der Waals surface area contributed by atoms with Crippen LogP contribution in [0.25, 0.3) is 0 Å². The van der Waals surface area contributed by atoms with Gasteiger partial charge in [0, 0.05) is 15.1 Å². The van der Waals surface area contributed by atoms with Crippen LogP contribution in [0, 0.1) is 0 Å². The molecule has 3 aromatic carbocycles. The maximum absolute atomic E-state index is 12.4. The first-order chi connectivity index (χ1) is 16.9. The summed E-state index contributed by atoms with van der Waals surface area (Å²) in [4.78, 5) is 36.4. The van der Waals surface area contributed by atoms with Crippen molar-refractivity contribution >= 4 is 51.5 Å². The van der Waals surface area contributed by atoms with Crippen molar-refractivity contribution in [2.75, 3.05) is 13.2 Å². The number of nitrogens with one attached hydrogen (secondary N) is 2. The summed E-state index contributed by atoms with van der Waals surface area (Å²) in [5.74, 6) is -0.828. The van der Waals surface area contributed by atoms with Gasteiger partial charge in [-0.15, -0.1) is 0 Å². The molecule has 180 valence electrons.